The van der Waals surface area contributed by atoms with E-state index in [1.165, 1.54) is 6.07 Å². The number of nitro benzene ring substituents is 1. The summed E-state index contributed by atoms with van der Waals surface area (Å²) in [5.74, 6) is -0.170. The minimum absolute atomic E-state index is 0.0613. The number of nitrogens with one attached hydrogen (secondary N) is 2. The van der Waals surface area contributed by atoms with E-state index in [1.54, 1.807) is 17.0 Å². The van der Waals surface area contributed by atoms with E-state index in [1.807, 2.05) is 37.3 Å². The molecule has 1 amide bonds. The van der Waals surface area contributed by atoms with Crippen LogP contribution in [0.2, 0.25) is 0 Å². The highest BCUT2D eigenvalue weighted by Crippen LogP contribution is 2.27. The van der Waals surface area contributed by atoms with Crippen molar-refractivity contribution in [3.05, 3.63) is 69.8 Å². The van der Waals surface area contributed by atoms with Gasteiger partial charge in [-0.25, -0.2) is 0 Å². The van der Waals surface area contributed by atoms with Gasteiger partial charge in [0.1, 0.15) is 5.69 Å². The number of carbonyl (C=O) groups is 1. The molecule has 1 saturated heterocycles. The second-order valence-corrected chi connectivity index (χ2v) is 6.38. The number of hydrogen-bond donors (Lipinski definition) is 2. The molecule has 0 aliphatic carbocycles. The highest BCUT2D eigenvalue weighted by Gasteiger charge is 2.26. The first kappa shape index (κ1) is 17.9. The molecule has 2 aromatic rings. The van der Waals surface area contributed by atoms with Gasteiger partial charge < -0.3 is 15.5 Å². The zero-order chi connectivity index (χ0) is 18.5. The molecule has 7 nitrogen and oxygen atoms in total. The molecule has 26 heavy (non-hydrogen) atoms. The summed E-state index contributed by atoms with van der Waals surface area (Å²) in [7, 11) is 0. The van der Waals surface area contributed by atoms with Crippen LogP contribution in [0.1, 0.15) is 22.8 Å². The second kappa shape index (κ2) is 7.97. The number of rotatable bonds is 5. The topological polar surface area (TPSA) is 87.5 Å². The molecule has 1 aliphatic rings. The maximum Gasteiger partial charge on any atom is 0.293 e. The number of benzene rings is 2. The van der Waals surface area contributed by atoms with Crippen molar-refractivity contribution in [3.63, 3.8) is 0 Å². The molecule has 0 saturated carbocycles. The van der Waals surface area contributed by atoms with Gasteiger partial charge in [-0.15, -0.1) is 0 Å². The zero-order valence-electron chi connectivity index (χ0n) is 14.6. The summed E-state index contributed by atoms with van der Waals surface area (Å²) in [5.41, 5.74) is 1.69. The largest absolute Gasteiger partial charge is 0.375 e. The molecular weight excluding hydrogens is 332 g/mol. The van der Waals surface area contributed by atoms with Crippen LogP contribution >= 0.6 is 0 Å². The van der Waals surface area contributed by atoms with Crippen LogP contribution in [0.4, 0.5) is 11.4 Å². The van der Waals surface area contributed by atoms with E-state index in [-0.39, 0.29) is 17.6 Å². The first-order chi connectivity index (χ1) is 12.6. The van der Waals surface area contributed by atoms with Gasteiger partial charge in [0.15, 0.2) is 0 Å². The van der Waals surface area contributed by atoms with Crippen molar-refractivity contribution >= 4 is 17.3 Å². The summed E-state index contributed by atoms with van der Waals surface area (Å²) in [6.07, 6.45) is 0. The van der Waals surface area contributed by atoms with Gasteiger partial charge in [0.25, 0.3) is 11.6 Å². The summed E-state index contributed by atoms with van der Waals surface area (Å²) in [5, 5.41) is 17.8. The van der Waals surface area contributed by atoms with Gasteiger partial charge in [0, 0.05) is 43.9 Å². The van der Waals surface area contributed by atoms with Crippen molar-refractivity contribution in [1.29, 1.82) is 0 Å². The molecule has 3 rings (SSSR count). The first-order valence-corrected chi connectivity index (χ1v) is 8.64. The lowest BCUT2D eigenvalue weighted by Gasteiger charge is -2.34. The molecule has 2 N–H and O–H groups in total. The summed E-state index contributed by atoms with van der Waals surface area (Å²) in [6.45, 7) is 4.50. The monoisotopic (exact) mass is 354 g/mol. The molecule has 136 valence electrons. The Morgan fingerprint density at radius 1 is 1.31 bits per heavy atom. The minimum Gasteiger partial charge on any atom is -0.375 e. The van der Waals surface area contributed by atoms with Crippen LogP contribution in [0, 0.1) is 10.1 Å². The van der Waals surface area contributed by atoms with E-state index in [4.69, 9.17) is 0 Å². The molecule has 1 aliphatic heterocycles. The van der Waals surface area contributed by atoms with Crippen LogP contribution in [0.3, 0.4) is 0 Å². The molecule has 0 aromatic heterocycles. The minimum atomic E-state index is -0.453. The van der Waals surface area contributed by atoms with Gasteiger partial charge in [0.05, 0.1) is 4.92 Å². The molecule has 0 spiro atoms. The smallest absolute Gasteiger partial charge is 0.293 e. The zero-order valence-corrected chi connectivity index (χ0v) is 14.6. The third-order valence-corrected chi connectivity index (χ3v) is 4.53. The Kier molecular flexibility index (Phi) is 5.48. The molecule has 0 radical (unpaired) electrons. The van der Waals surface area contributed by atoms with E-state index in [9.17, 15) is 14.9 Å². The number of nitro groups is 1. The van der Waals surface area contributed by atoms with Gasteiger partial charge in [-0.3, -0.25) is 14.9 Å². The highest BCUT2D eigenvalue weighted by atomic mass is 16.6. The number of nitrogens with zero attached hydrogens (tertiary/aromatic N) is 2. The highest BCUT2D eigenvalue weighted by molar-refractivity contribution is 5.96. The summed E-state index contributed by atoms with van der Waals surface area (Å²) < 4.78 is 0. The third kappa shape index (κ3) is 4.00. The maximum absolute atomic E-state index is 12.7. The van der Waals surface area contributed by atoms with E-state index in [2.05, 4.69) is 10.6 Å². The van der Waals surface area contributed by atoms with E-state index in [0.717, 1.165) is 18.7 Å². The molecule has 7 heteroatoms. The predicted octanol–water partition coefficient (Wildman–Crippen LogP) is 2.64. The van der Waals surface area contributed by atoms with E-state index >= 15 is 0 Å². The van der Waals surface area contributed by atoms with Gasteiger partial charge in [-0.2, -0.15) is 0 Å². The summed E-state index contributed by atoms with van der Waals surface area (Å²) in [6, 6.07) is 14.3. The average Bonchev–Trinajstić information content (AvgIpc) is 2.67. The standard InChI is InChI=1S/C19H22N4O3/c1-14-12-20-9-10-22(14)19(24)16-7-8-17(18(11-16)23(25)26)21-13-15-5-3-2-4-6-15/h2-8,11,14,20-21H,9-10,12-13H2,1H3/t14-/m0/s1. The number of anilines is 1. The van der Waals surface area contributed by atoms with Gasteiger partial charge in [-0.05, 0) is 24.6 Å². The van der Waals surface area contributed by atoms with Crippen LogP contribution in [0.25, 0.3) is 0 Å². The van der Waals surface area contributed by atoms with Crippen LogP contribution in [0.5, 0.6) is 0 Å². The van der Waals surface area contributed by atoms with Gasteiger partial charge in [0.2, 0.25) is 0 Å². The second-order valence-electron chi connectivity index (χ2n) is 6.38. The fourth-order valence-corrected chi connectivity index (χ4v) is 3.07. The molecule has 0 bridgehead atoms. The number of piperazine rings is 1. The fourth-order valence-electron chi connectivity index (χ4n) is 3.07. The van der Waals surface area contributed by atoms with Crippen molar-refractivity contribution in [1.82, 2.24) is 10.2 Å². The van der Waals surface area contributed by atoms with E-state index < -0.39 is 4.92 Å². The Balaban J connectivity index is 1.80. The van der Waals surface area contributed by atoms with E-state index in [0.29, 0.717) is 24.3 Å². The summed E-state index contributed by atoms with van der Waals surface area (Å²) in [4.78, 5) is 25.5. The molecular formula is C19H22N4O3. The van der Waals surface area contributed by atoms with Crippen LogP contribution in [0.15, 0.2) is 48.5 Å². The molecule has 1 heterocycles. The van der Waals surface area contributed by atoms with Crippen molar-refractivity contribution in [2.45, 2.75) is 19.5 Å². The average molecular weight is 354 g/mol. The van der Waals surface area contributed by atoms with Crippen molar-refractivity contribution in [2.75, 3.05) is 25.0 Å². The lowest BCUT2D eigenvalue weighted by atomic mass is 10.1. The number of hydrogen-bond acceptors (Lipinski definition) is 5. The van der Waals surface area contributed by atoms with Crippen LogP contribution in [-0.4, -0.2) is 41.4 Å². The molecule has 2 aromatic carbocycles. The van der Waals surface area contributed by atoms with Crippen LogP contribution < -0.4 is 10.6 Å². The van der Waals surface area contributed by atoms with Crippen molar-refractivity contribution in [3.8, 4) is 0 Å². The summed E-state index contributed by atoms with van der Waals surface area (Å²) >= 11 is 0. The molecule has 0 unspecified atom stereocenters. The third-order valence-electron chi connectivity index (χ3n) is 4.53. The Labute approximate surface area is 152 Å². The fraction of sp³-hybridized carbons (Fsp3) is 0.316. The Hall–Kier alpha value is -2.93. The Bertz CT molecular complexity index is 795. The quantitative estimate of drug-likeness (QED) is 0.637. The lowest BCUT2D eigenvalue weighted by Crippen LogP contribution is -2.52. The molecule has 1 fully saturated rings. The Morgan fingerprint density at radius 2 is 2.08 bits per heavy atom. The normalized spacial score (nSPS) is 17.0. The van der Waals surface area contributed by atoms with Crippen molar-refractivity contribution in [2.24, 2.45) is 0 Å². The first-order valence-electron chi connectivity index (χ1n) is 8.64. The maximum atomic E-state index is 12.7. The van der Waals surface area contributed by atoms with Gasteiger partial charge in [-0.1, -0.05) is 30.3 Å². The predicted molar refractivity (Wildman–Crippen MR) is 100 cm³/mol. The number of amides is 1. The number of carbonyl (C=O) groups excluding carboxylic acids is 1. The van der Waals surface area contributed by atoms with Crippen LogP contribution in [-0.2, 0) is 6.54 Å². The van der Waals surface area contributed by atoms with Gasteiger partial charge >= 0.3 is 0 Å². The Morgan fingerprint density at radius 3 is 2.77 bits per heavy atom. The molecule has 1 atom stereocenters. The SMILES string of the molecule is C[C@H]1CNCCN1C(=O)c1ccc(NCc2ccccc2)c([N+](=O)[O-])c1. The van der Waals surface area contributed by atoms with Crippen molar-refractivity contribution < 1.29 is 9.72 Å². The lowest BCUT2D eigenvalue weighted by molar-refractivity contribution is -0.384.